The van der Waals surface area contributed by atoms with E-state index in [0.29, 0.717) is 10.9 Å². The first-order valence-corrected chi connectivity index (χ1v) is 5.87. The molecule has 0 saturated heterocycles. The fourth-order valence-corrected chi connectivity index (χ4v) is 2.59. The molecule has 0 radical (unpaired) electrons. The molecule has 1 aliphatic carbocycles. The van der Waals surface area contributed by atoms with Crippen molar-refractivity contribution in [3.05, 3.63) is 28.8 Å². The van der Waals surface area contributed by atoms with Gasteiger partial charge in [0.15, 0.2) is 0 Å². The van der Waals surface area contributed by atoms with Crippen LogP contribution in [0.5, 0.6) is 0 Å². The van der Waals surface area contributed by atoms with Gasteiger partial charge in [-0.1, -0.05) is 24.4 Å². The standard InChI is InChI=1S/C12H17ClN2.ClH/c13-9-5-6-11(14)10(7-9)12(15)8-3-1-2-4-8;/h5-8,12H,1-4,14-15H2;1H/t12-;/m1./s1. The third-order valence-corrected chi connectivity index (χ3v) is 3.55. The minimum Gasteiger partial charge on any atom is -0.398 e. The van der Waals surface area contributed by atoms with Gasteiger partial charge in [0.1, 0.15) is 0 Å². The Bertz CT molecular complexity index is 349. The van der Waals surface area contributed by atoms with Gasteiger partial charge in [0.2, 0.25) is 0 Å². The summed E-state index contributed by atoms with van der Waals surface area (Å²) in [5.74, 6) is 0.575. The third-order valence-electron chi connectivity index (χ3n) is 3.32. The Morgan fingerprint density at radius 2 is 1.88 bits per heavy atom. The van der Waals surface area contributed by atoms with Crippen molar-refractivity contribution >= 4 is 29.7 Å². The molecular formula is C12H18Cl2N2. The predicted molar refractivity (Wildman–Crippen MR) is 72.0 cm³/mol. The molecule has 1 saturated carbocycles. The molecule has 1 aromatic rings. The second kappa shape index (κ2) is 5.76. The zero-order chi connectivity index (χ0) is 10.8. The van der Waals surface area contributed by atoms with Gasteiger partial charge in [-0.25, -0.2) is 0 Å². The van der Waals surface area contributed by atoms with Crippen LogP contribution in [0.15, 0.2) is 18.2 Å². The number of hydrogen-bond donors (Lipinski definition) is 2. The van der Waals surface area contributed by atoms with Gasteiger partial charge >= 0.3 is 0 Å². The molecule has 4 N–H and O–H groups in total. The highest BCUT2D eigenvalue weighted by atomic mass is 35.5. The number of nitrogens with two attached hydrogens (primary N) is 2. The van der Waals surface area contributed by atoms with Crippen molar-refractivity contribution in [3.8, 4) is 0 Å². The van der Waals surface area contributed by atoms with Crippen LogP contribution in [-0.4, -0.2) is 0 Å². The largest absolute Gasteiger partial charge is 0.398 e. The van der Waals surface area contributed by atoms with Crippen molar-refractivity contribution < 1.29 is 0 Å². The van der Waals surface area contributed by atoms with E-state index in [1.165, 1.54) is 25.7 Å². The number of hydrogen-bond acceptors (Lipinski definition) is 2. The molecule has 0 aliphatic heterocycles. The maximum absolute atomic E-state index is 6.23. The van der Waals surface area contributed by atoms with Gasteiger partial charge in [-0.3, -0.25) is 0 Å². The molecule has 0 heterocycles. The maximum Gasteiger partial charge on any atom is 0.0410 e. The van der Waals surface area contributed by atoms with Crippen LogP contribution in [0.3, 0.4) is 0 Å². The second-order valence-corrected chi connectivity index (χ2v) is 4.78. The topological polar surface area (TPSA) is 52.0 Å². The Morgan fingerprint density at radius 1 is 1.25 bits per heavy atom. The van der Waals surface area contributed by atoms with Crippen molar-refractivity contribution in [2.24, 2.45) is 11.7 Å². The molecule has 90 valence electrons. The van der Waals surface area contributed by atoms with Gasteiger partial charge in [-0.15, -0.1) is 12.4 Å². The highest BCUT2D eigenvalue weighted by Crippen LogP contribution is 2.36. The van der Waals surface area contributed by atoms with E-state index >= 15 is 0 Å². The van der Waals surface area contributed by atoms with Crippen LogP contribution >= 0.6 is 24.0 Å². The Hall–Kier alpha value is -0.440. The molecule has 2 rings (SSSR count). The van der Waals surface area contributed by atoms with Crippen molar-refractivity contribution in [3.63, 3.8) is 0 Å². The number of rotatable bonds is 2. The van der Waals surface area contributed by atoms with Crippen LogP contribution in [0.1, 0.15) is 37.3 Å². The van der Waals surface area contributed by atoms with E-state index in [9.17, 15) is 0 Å². The Morgan fingerprint density at radius 3 is 2.50 bits per heavy atom. The van der Waals surface area contributed by atoms with Crippen LogP contribution in [0.4, 0.5) is 5.69 Å². The van der Waals surface area contributed by atoms with E-state index < -0.39 is 0 Å². The lowest BCUT2D eigenvalue weighted by Gasteiger charge is -2.20. The summed E-state index contributed by atoms with van der Waals surface area (Å²) in [6.45, 7) is 0. The van der Waals surface area contributed by atoms with Gasteiger partial charge in [0.05, 0.1) is 0 Å². The van der Waals surface area contributed by atoms with Gasteiger partial charge in [0.25, 0.3) is 0 Å². The molecule has 16 heavy (non-hydrogen) atoms. The summed E-state index contributed by atoms with van der Waals surface area (Å²) in [7, 11) is 0. The zero-order valence-electron chi connectivity index (χ0n) is 9.16. The minimum absolute atomic E-state index is 0. The molecule has 0 aromatic heterocycles. The molecule has 1 aliphatic rings. The zero-order valence-corrected chi connectivity index (χ0v) is 10.7. The van der Waals surface area contributed by atoms with Crippen LogP contribution in [-0.2, 0) is 0 Å². The van der Waals surface area contributed by atoms with Crippen LogP contribution in [0.25, 0.3) is 0 Å². The molecule has 0 amide bonds. The smallest absolute Gasteiger partial charge is 0.0410 e. The molecule has 4 heteroatoms. The maximum atomic E-state index is 6.23. The summed E-state index contributed by atoms with van der Waals surface area (Å²) in [6.07, 6.45) is 5.01. The number of halogens is 2. The van der Waals surface area contributed by atoms with Crippen LogP contribution in [0, 0.1) is 5.92 Å². The first kappa shape index (κ1) is 13.6. The van der Waals surface area contributed by atoms with E-state index in [4.69, 9.17) is 23.1 Å². The van der Waals surface area contributed by atoms with E-state index in [1.54, 1.807) is 0 Å². The summed E-state index contributed by atoms with van der Waals surface area (Å²) < 4.78 is 0. The second-order valence-electron chi connectivity index (χ2n) is 4.34. The fourth-order valence-electron chi connectivity index (χ4n) is 2.40. The first-order chi connectivity index (χ1) is 7.18. The highest BCUT2D eigenvalue weighted by molar-refractivity contribution is 6.30. The summed E-state index contributed by atoms with van der Waals surface area (Å²) in [5.41, 5.74) is 13.9. The van der Waals surface area contributed by atoms with Crippen LogP contribution < -0.4 is 11.5 Å². The summed E-state index contributed by atoms with van der Waals surface area (Å²) >= 11 is 5.96. The molecule has 1 fully saturated rings. The Balaban J connectivity index is 0.00000128. The van der Waals surface area contributed by atoms with E-state index in [0.717, 1.165) is 11.3 Å². The van der Waals surface area contributed by atoms with Gasteiger partial charge < -0.3 is 11.5 Å². The molecule has 2 nitrogen and oxygen atoms in total. The molecule has 0 bridgehead atoms. The van der Waals surface area contributed by atoms with Crippen LogP contribution in [0.2, 0.25) is 5.02 Å². The Labute approximate surface area is 108 Å². The fraction of sp³-hybridized carbons (Fsp3) is 0.500. The van der Waals surface area contributed by atoms with Crippen molar-refractivity contribution in [1.29, 1.82) is 0 Å². The lowest BCUT2D eigenvalue weighted by atomic mass is 9.91. The quantitative estimate of drug-likeness (QED) is 0.800. The lowest BCUT2D eigenvalue weighted by molar-refractivity contribution is 0.446. The van der Waals surface area contributed by atoms with Crippen molar-refractivity contribution in [1.82, 2.24) is 0 Å². The average Bonchev–Trinajstić information content (AvgIpc) is 2.74. The lowest BCUT2D eigenvalue weighted by Crippen LogP contribution is -2.20. The highest BCUT2D eigenvalue weighted by Gasteiger charge is 2.24. The molecular weight excluding hydrogens is 243 g/mol. The van der Waals surface area contributed by atoms with Gasteiger partial charge in [-0.05, 0) is 42.5 Å². The van der Waals surface area contributed by atoms with Crippen molar-refractivity contribution in [2.75, 3.05) is 5.73 Å². The van der Waals surface area contributed by atoms with Gasteiger partial charge in [0, 0.05) is 16.8 Å². The van der Waals surface area contributed by atoms with E-state index in [1.807, 2.05) is 18.2 Å². The molecule has 1 aromatic carbocycles. The average molecular weight is 261 g/mol. The summed E-state index contributed by atoms with van der Waals surface area (Å²) in [6, 6.07) is 5.60. The molecule has 0 spiro atoms. The third kappa shape index (κ3) is 2.82. The monoisotopic (exact) mass is 260 g/mol. The van der Waals surface area contributed by atoms with Gasteiger partial charge in [-0.2, -0.15) is 0 Å². The normalized spacial score (nSPS) is 18.1. The Kier molecular flexibility index (Phi) is 4.90. The predicted octanol–water partition coefficient (Wildman–Crippen LogP) is 3.53. The van der Waals surface area contributed by atoms with E-state index in [2.05, 4.69) is 0 Å². The number of nitrogen functional groups attached to an aromatic ring is 1. The molecule has 0 unspecified atom stereocenters. The summed E-state index contributed by atoms with van der Waals surface area (Å²) in [4.78, 5) is 0. The number of benzene rings is 1. The summed E-state index contributed by atoms with van der Waals surface area (Å²) in [5, 5.41) is 0.715. The van der Waals surface area contributed by atoms with E-state index in [-0.39, 0.29) is 18.4 Å². The van der Waals surface area contributed by atoms with Crippen molar-refractivity contribution in [2.45, 2.75) is 31.7 Å². The number of anilines is 1. The molecule has 1 atom stereocenters. The SMILES string of the molecule is Cl.Nc1ccc(Cl)cc1[C@H](N)C1CCCC1. The first-order valence-electron chi connectivity index (χ1n) is 5.49. The minimum atomic E-state index is 0.